The fourth-order valence-corrected chi connectivity index (χ4v) is 2.41. The summed E-state index contributed by atoms with van der Waals surface area (Å²) in [4.78, 5) is 8.60. The molecule has 0 amide bonds. The van der Waals surface area contributed by atoms with Crippen molar-refractivity contribution in [2.24, 2.45) is 0 Å². The minimum Gasteiger partial charge on any atom is -0.228 e. The van der Waals surface area contributed by atoms with Crippen LogP contribution < -0.4 is 0 Å². The molecule has 1 aromatic heterocycles. The third kappa shape index (κ3) is 2.27. The van der Waals surface area contributed by atoms with E-state index < -0.39 is 0 Å². The number of rotatable bonds is 1. The molecule has 0 aliphatic heterocycles. The monoisotopic (exact) mass is 292 g/mol. The van der Waals surface area contributed by atoms with E-state index in [1.54, 1.807) is 24.3 Å². The zero-order valence-corrected chi connectivity index (χ0v) is 11.1. The molecule has 3 rings (SSSR count). The first-order valence-corrected chi connectivity index (χ1v) is 6.28. The van der Waals surface area contributed by atoms with Crippen LogP contribution in [0.15, 0.2) is 42.5 Å². The van der Waals surface area contributed by atoms with E-state index in [0.717, 1.165) is 0 Å². The first kappa shape index (κ1) is 12.3. The molecule has 0 aliphatic rings. The highest BCUT2D eigenvalue weighted by Crippen LogP contribution is 2.30. The number of benzene rings is 2. The molecule has 0 unspecified atom stereocenters. The summed E-state index contributed by atoms with van der Waals surface area (Å²) in [6.45, 7) is 0. The van der Waals surface area contributed by atoms with E-state index >= 15 is 0 Å². The molecule has 0 saturated heterocycles. The minimum absolute atomic E-state index is 0.287. The van der Waals surface area contributed by atoms with Gasteiger partial charge in [0.2, 0.25) is 0 Å². The molecule has 2 nitrogen and oxygen atoms in total. The van der Waals surface area contributed by atoms with Gasteiger partial charge in [0.15, 0.2) is 5.82 Å². The van der Waals surface area contributed by atoms with Gasteiger partial charge in [-0.25, -0.2) is 14.4 Å². The summed E-state index contributed by atoms with van der Waals surface area (Å²) >= 11 is 12.2. The Labute approximate surface area is 118 Å². The lowest BCUT2D eigenvalue weighted by atomic mass is 10.2. The van der Waals surface area contributed by atoms with E-state index in [1.165, 1.54) is 12.1 Å². The molecular formula is C14H7Cl2FN2. The summed E-state index contributed by atoms with van der Waals surface area (Å²) in [6.07, 6.45) is 0. The smallest absolute Gasteiger partial charge is 0.161 e. The Bertz CT molecular complexity index is 757. The zero-order valence-electron chi connectivity index (χ0n) is 9.57. The molecule has 0 fully saturated rings. The fourth-order valence-electron chi connectivity index (χ4n) is 1.83. The third-order valence-corrected chi connectivity index (χ3v) is 3.32. The van der Waals surface area contributed by atoms with Gasteiger partial charge in [-0.15, -0.1) is 0 Å². The average Bonchev–Trinajstić information content (AvgIpc) is 2.39. The topological polar surface area (TPSA) is 25.8 Å². The molecule has 19 heavy (non-hydrogen) atoms. The summed E-state index contributed by atoms with van der Waals surface area (Å²) in [5, 5.41) is 1.42. The van der Waals surface area contributed by atoms with Gasteiger partial charge in [0, 0.05) is 5.56 Å². The number of hydrogen-bond acceptors (Lipinski definition) is 2. The summed E-state index contributed by atoms with van der Waals surface area (Å²) in [6, 6.07) is 11.3. The Morgan fingerprint density at radius 2 is 1.63 bits per heavy atom. The fraction of sp³-hybridized carbons (Fsp3) is 0. The van der Waals surface area contributed by atoms with Crippen molar-refractivity contribution in [2.45, 2.75) is 0 Å². The van der Waals surface area contributed by atoms with Crippen LogP contribution in [0, 0.1) is 5.82 Å². The van der Waals surface area contributed by atoms with Crippen molar-refractivity contribution >= 4 is 34.1 Å². The predicted octanol–water partition coefficient (Wildman–Crippen LogP) is 4.74. The van der Waals surface area contributed by atoms with Crippen LogP contribution in [-0.2, 0) is 0 Å². The molecule has 0 aliphatic carbocycles. The summed E-state index contributed by atoms with van der Waals surface area (Å²) in [5.41, 5.74) is 1.36. The highest BCUT2D eigenvalue weighted by molar-refractivity contribution is 6.41. The normalized spacial score (nSPS) is 10.9. The lowest BCUT2D eigenvalue weighted by Crippen LogP contribution is -1.92. The number of hydrogen-bond donors (Lipinski definition) is 0. The number of nitrogens with zero attached hydrogens (tertiary/aromatic N) is 2. The molecule has 0 radical (unpaired) electrons. The Morgan fingerprint density at radius 1 is 0.895 bits per heavy atom. The van der Waals surface area contributed by atoms with E-state index in [2.05, 4.69) is 9.97 Å². The van der Waals surface area contributed by atoms with Crippen LogP contribution in [0.1, 0.15) is 0 Å². The summed E-state index contributed by atoms with van der Waals surface area (Å²) < 4.78 is 12.9. The van der Waals surface area contributed by atoms with Crippen molar-refractivity contribution in [1.82, 2.24) is 9.97 Å². The second-order valence-corrected chi connectivity index (χ2v) is 4.74. The van der Waals surface area contributed by atoms with Crippen LogP contribution in [0.4, 0.5) is 4.39 Å². The predicted molar refractivity (Wildman–Crippen MR) is 75.0 cm³/mol. The van der Waals surface area contributed by atoms with Gasteiger partial charge in [-0.3, -0.25) is 0 Å². The number of halogens is 3. The van der Waals surface area contributed by atoms with Crippen molar-refractivity contribution in [3.8, 4) is 11.4 Å². The van der Waals surface area contributed by atoms with Gasteiger partial charge >= 0.3 is 0 Å². The van der Waals surface area contributed by atoms with Crippen LogP contribution in [0.2, 0.25) is 10.2 Å². The van der Waals surface area contributed by atoms with Crippen molar-refractivity contribution in [3.05, 3.63) is 58.5 Å². The van der Waals surface area contributed by atoms with Crippen LogP contribution in [0.3, 0.4) is 0 Å². The zero-order chi connectivity index (χ0) is 13.4. The van der Waals surface area contributed by atoms with Gasteiger partial charge in [0.05, 0.1) is 15.9 Å². The van der Waals surface area contributed by atoms with E-state index in [4.69, 9.17) is 23.2 Å². The first-order valence-electron chi connectivity index (χ1n) is 5.53. The summed E-state index contributed by atoms with van der Waals surface area (Å²) in [5.74, 6) is 0.137. The molecule has 5 heteroatoms. The van der Waals surface area contributed by atoms with Gasteiger partial charge < -0.3 is 0 Å². The van der Waals surface area contributed by atoms with E-state index in [0.29, 0.717) is 27.3 Å². The second-order valence-electron chi connectivity index (χ2n) is 3.98. The molecular weight excluding hydrogens is 286 g/mol. The second kappa shape index (κ2) is 4.76. The Balaban J connectivity index is 2.24. The molecule has 3 aromatic rings. The maximum atomic E-state index is 12.9. The van der Waals surface area contributed by atoms with Crippen molar-refractivity contribution < 1.29 is 4.39 Å². The maximum absolute atomic E-state index is 12.9. The van der Waals surface area contributed by atoms with Crippen LogP contribution in [0.25, 0.3) is 22.3 Å². The standard InChI is InChI=1S/C14H7Cl2FN2/c15-10-2-1-3-11-12(10)13(16)19-14(18-11)8-4-6-9(17)7-5-8/h1-7H. The lowest BCUT2D eigenvalue weighted by Gasteiger charge is -2.05. The largest absolute Gasteiger partial charge is 0.228 e. The first-order chi connectivity index (χ1) is 9.15. The average molecular weight is 293 g/mol. The Hall–Kier alpha value is -1.71. The van der Waals surface area contributed by atoms with Crippen molar-refractivity contribution in [2.75, 3.05) is 0 Å². The molecule has 2 aromatic carbocycles. The number of fused-ring (bicyclic) bond motifs is 1. The molecule has 0 saturated carbocycles. The van der Waals surface area contributed by atoms with E-state index in [1.807, 2.05) is 6.07 Å². The van der Waals surface area contributed by atoms with Gasteiger partial charge in [-0.2, -0.15) is 0 Å². The quantitative estimate of drug-likeness (QED) is 0.605. The van der Waals surface area contributed by atoms with Crippen LogP contribution in [-0.4, -0.2) is 9.97 Å². The van der Waals surface area contributed by atoms with E-state index in [-0.39, 0.29) is 11.0 Å². The third-order valence-electron chi connectivity index (χ3n) is 2.73. The highest BCUT2D eigenvalue weighted by atomic mass is 35.5. The van der Waals surface area contributed by atoms with Crippen LogP contribution >= 0.6 is 23.2 Å². The van der Waals surface area contributed by atoms with Gasteiger partial charge in [0.1, 0.15) is 11.0 Å². The maximum Gasteiger partial charge on any atom is 0.161 e. The van der Waals surface area contributed by atoms with Gasteiger partial charge in [-0.1, -0.05) is 29.3 Å². The Morgan fingerprint density at radius 3 is 2.37 bits per heavy atom. The molecule has 0 atom stereocenters. The van der Waals surface area contributed by atoms with Gasteiger partial charge in [-0.05, 0) is 36.4 Å². The molecule has 0 N–H and O–H groups in total. The molecule has 0 bridgehead atoms. The van der Waals surface area contributed by atoms with Crippen molar-refractivity contribution in [1.29, 1.82) is 0 Å². The molecule has 94 valence electrons. The Kier molecular flexibility index (Phi) is 3.09. The van der Waals surface area contributed by atoms with Gasteiger partial charge in [0.25, 0.3) is 0 Å². The SMILES string of the molecule is Fc1ccc(-c2nc(Cl)c3c(Cl)cccc3n2)cc1. The minimum atomic E-state index is -0.307. The van der Waals surface area contributed by atoms with Crippen molar-refractivity contribution in [3.63, 3.8) is 0 Å². The molecule has 1 heterocycles. The van der Waals surface area contributed by atoms with E-state index in [9.17, 15) is 4.39 Å². The number of aromatic nitrogens is 2. The van der Waals surface area contributed by atoms with Crippen LogP contribution in [0.5, 0.6) is 0 Å². The highest BCUT2D eigenvalue weighted by Gasteiger charge is 2.10. The molecule has 0 spiro atoms. The lowest BCUT2D eigenvalue weighted by molar-refractivity contribution is 0.628. The summed E-state index contributed by atoms with van der Waals surface area (Å²) in [7, 11) is 0.